The Morgan fingerprint density at radius 2 is 1.81 bits per heavy atom. The average Bonchev–Trinajstić information content (AvgIpc) is 2.31. The molecular formula is C13H21FN2. The lowest BCUT2D eigenvalue weighted by Gasteiger charge is -2.31. The summed E-state index contributed by atoms with van der Waals surface area (Å²) in [6, 6.07) is 6.87. The first-order valence-corrected chi connectivity index (χ1v) is 5.81. The van der Waals surface area contributed by atoms with Gasteiger partial charge in [0.1, 0.15) is 5.82 Å². The van der Waals surface area contributed by atoms with Crippen molar-refractivity contribution in [3.63, 3.8) is 0 Å². The van der Waals surface area contributed by atoms with Crippen molar-refractivity contribution in [2.45, 2.75) is 32.4 Å². The van der Waals surface area contributed by atoms with E-state index >= 15 is 0 Å². The number of nitrogens with zero attached hydrogens (tertiary/aromatic N) is 1. The van der Waals surface area contributed by atoms with Crippen LogP contribution in [0.15, 0.2) is 24.3 Å². The highest BCUT2D eigenvalue weighted by Crippen LogP contribution is 2.23. The van der Waals surface area contributed by atoms with Gasteiger partial charge < -0.3 is 5.73 Å². The highest BCUT2D eigenvalue weighted by atomic mass is 19.1. The van der Waals surface area contributed by atoms with Crippen molar-refractivity contribution < 1.29 is 4.39 Å². The van der Waals surface area contributed by atoms with Crippen molar-refractivity contribution in [1.29, 1.82) is 0 Å². The van der Waals surface area contributed by atoms with Crippen LogP contribution in [0.1, 0.15) is 31.9 Å². The second kappa shape index (κ2) is 5.97. The monoisotopic (exact) mass is 224 g/mol. The van der Waals surface area contributed by atoms with E-state index in [2.05, 4.69) is 18.7 Å². The van der Waals surface area contributed by atoms with Crippen molar-refractivity contribution >= 4 is 0 Å². The third-order valence-corrected chi connectivity index (χ3v) is 3.06. The van der Waals surface area contributed by atoms with Crippen molar-refractivity contribution in [1.82, 2.24) is 4.90 Å². The molecule has 0 amide bonds. The first-order chi connectivity index (χ1) is 7.60. The van der Waals surface area contributed by atoms with Gasteiger partial charge in [-0.3, -0.25) is 4.90 Å². The normalized spacial score (nSPS) is 15.1. The number of rotatable bonds is 5. The summed E-state index contributed by atoms with van der Waals surface area (Å²) in [5.74, 6) is -0.202. The topological polar surface area (TPSA) is 29.3 Å². The number of hydrogen-bond acceptors (Lipinski definition) is 2. The predicted molar refractivity (Wildman–Crippen MR) is 65.7 cm³/mol. The van der Waals surface area contributed by atoms with Crippen LogP contribution in [0.25, 0.3) is 0 Å². The van der Waals surface area contributed by atoms with Crippen LogP contribution in [0.5, 0.6) is 0 Å². The molecule has 0 saturated carbocycles. The summed E-state index contributed by atoms with van der Waals surface area (Å²) < 4.78 is 12.9. The number of halogens is 1. The Kier molecular flexibility index (Phi) is 4.90. The summed E-state index contributed by atoms with van der Waals surface area (Å²) >= 11 is 0. The molecular weight excluding hydrogens is 203 g/mol. The molecule has 2 unspecified atom stereocenters. The van der Waals surface area contributed by atoms with Gasteiger partial charge in [-0.1, -0.05) is 26.0 Å². The maximum absolute atomic E-state index is 12.9. The average molecular weight is 224 g/mol. The lowest BCUT2D eigenvalue weighted by molar-refractivity contribution is 0.219. The van der Waals surface area contributed by atoms with Crippen molar-refractivity contribution in [3.05, 3.63) is 35.6 Å². The zero-order valence-electron chi connectivity index (χ0n) is 10.3. The van der Waals surface area contributed by atoms with Gasteiger partial charge in [-0.15, -0.1) is 0 Å². The summed E-state index contributed by atoms with van der Waals surface area (Å²) in [6.45, 7) is 5.10. The number of benzene rings is 1. The second-order valence-electron chi connectivity index (χ2n) is 4.14. The highest BCUT2D eigenvalue weighted by molar-refractivity contribution is 5.21. The largest absolute Gasteiger partial charge is 0.326 e. The summed E-state index contributed by atoms with van der Waals surface area (Å²) in [7, 11) is 2.05. The fourth-order valence-corrected chi connectivity index (χ4v) is 1.91. The summed E-state index contributed by atoms with van der Waals surface area (Å²) in [5.41, 5.74) is 7.21. The molecule has 90 valence electrons. The van der Waals surface area contributed by atoms with Gasteiger partial charge in [-0.2, -0.15) is 0 Å². The minimum Gasteiger partial charge on any atom is -0.326 e. The SMILES string of the molecule is CCC(N)C(c1ccc(F)cc1)N(C)CC. The standard InChI is InChI=1S/C13H21FN2/c1-4-12(15)13(16(3)5-2)10-6-8-11(14)9-7-10/h6-9,12-13H,4-5,15H2,1-3H3. The maximum atomic E-state index is 12.9. The first-order valence-electron chi connectivity index (χ1n) is 5.81. The molecule has 0 aromatic heterocycles. The van der Waals surface area contributed by atoms with E-state index in [9.17, 15) is 4.39 Å². The van der Waals surface area contributed by atoms with Gasteiger partial charge in [-0.25, -0.2) is 4.39 Å². The van der Waals surface area contributed by atoms with Gasteiger partial charge in [0.05, 0.1) is 0 Å². The van der Waals surface area contributed by atoms with Crippen molar-refractivity contribution in [2.24, 2.45) is 5.73 Å². The summed E-state index contributed by atoms with van der Waals surface area (Å²) in [4.78, 5) is 2.20. The zero-order chi connectivity index (χ0) is 12.1. The van der Waals surface area contributed by atoms with Gasteiger partial charge in [0.15, 0.2) is 0 Å². The van der Waals surface area contributed by atoms with Gasteiger partial charge in [0.25, 0.3) is 0 Å². The lowest BCUT2D eigenvalue weighted by Crippen LogP contribution is -2.38. The van der Waals surface area contributed by atoms with Crippen LogP contribution in [0, 0.1) is 5.82 Å². The molecule has 0 aliphatic heterocycles. The fourth-order valence-electron chi connectivity index (χ4n) is 1.91. The van der Waals surface area contributed by atoms with Gasteiger partial charge in [0.2, 0.25) is 0 Å². The number of likely N-dealkylation sites (N-methyl/N-ethyl adjacent to an activating group) is 1. The maximum Gasteiger partial charge on any atom is 0.123 e. The fraction of sp³-hybridized carbons (Fsp3) is 0.538. The Bertz CT molecular complexity index is 300. The molecule has 1 aromatic carbocycles. The first kappa shape index (κ1) is 13.1. The highest BCUT2D eigenvalue weighted by Gasteiger charge is 2.21. The van der Waals surface area contributed by atoms with Gasteiger partial charge in [-0.05, 0) is 37.7 Å². The van der Waals surface area contributed by atoms with Crippen LogP contribution in [0.4, 0.5) is 4.39 Å². The van der Waals surface area contributed by atoms with Crippen LogP contribution in [0.3, 0.4) is 0 Å². The van der Waals surface area contributed by atoms with Crippen LogP contribution >= 0.6 is 0 Å². The molecule has 0 radical (unpaired) electrons. The Hall–Kier alpha value is -0.930. The Morgan fingerprint density at radius 3 is 2.25 bits per heavy atom. The lowest BCUT2D eigenvalue weighted by atomic mass is 9.97. The molecule has 1 rings (SSSR count). The van der Waals surface area contributed by atoms with E-state index in [1.807, 2.05) is 19.2 Å². The molecule has 1 aromatic rings. The third-order valence-electron chi connectivity index (χ3n) is 3.06. The Morgan fingerprint density at radius 1 is 1.25 bits per heavy atom. The smallest absolute Gasteiger partial charge is 0.123 e. The molecule has 0 aliphatic rings. The molecule has 0 saturated heterocycles. The summed E-state index contributed by atoms with van der Waals surface area (Å²) in [6.07, 6.45) is 0.909. The number of hydrogen-bond donors (Lipinski definition) is 1. The van der Waals surface area contributed by atoms with Crippen LogP contribution in [-0.4, -0.2) is 24.5 Å². The molecule has 0 fully saturated rings. The van der Waals surface area contributed by atoms with Crippen molar-refractivity contribution in [2.75, 3.05) is 13.6 Å². The molecule has 0 aliphatic carbocycles. The van der Waals surface area contributed by atoms with E-state index in [1.165, 1.54) is 12.1 Å². The summed E-state index contributed by atoms with van der Waals surface area (Å²) in [5, 5.41) is 0. The molecule has 2 atom stereocenters. The molecule has 2 nitrogen and oxygen atoms in total. The molecule has 16 heavy (non-hydrogen) atoms. The van der Waals surface area contributed by atoms with E-state index in [-0.39, 0.29) is 17.9 Å². The Balaban J connectivity index is 2.96. The predicted octanol–water partition coefficient (Wildman–Crippen LogP) is 2.56. The quantitative estimate of drug-likeness (QED) is 0.833. The molecule has 2 N–H and O–H groups in total. The van der Waals surface area contributed by atoms with E-state index < -0.39 is 0 Å². The van der Waals surface area contributed by atoms with Crippen molar-refractivity contribution in [3.8, 4) is 0 Å². The minimum absolute atomic E-state index is 0.0791. The minimum atomic E-state index is -0.202. The molecule has 3 heteroatoms. The van der Waals surface area contributed by atoms with E-state index in [1.54, 1.807) is 0 Å². The third kappa shape index (κ3) is 3.03. The van der Waals surface area contributed by atoms with Crippen LogP contribution in [0.2, 0.25) is 0 Å². The van der Waals surface area contributed by atoms with Crippen LogP contribution < -0.4 is 5.73 Å². The molecule has 0 heterocycles. The van der Waals surface area contributed by atoms with E-state index in [4.69, 9.17) is 5.73 Å². The van der Waals surface area contributed by atoms with E-state index in [0.717, 1.165) is 18.5 Å². The van der Waals surface area contributed by atoms with Crippen LogP contribution in [-0.2, 0) is 0 Å². The van der Waals surface area contributed by atoms with E-state index in [0.29, 0.717) is 0 Å². The Labute approximate surface area is 97.3 Å². The second-order valence-corrected chi connectivity index (χ2v) is 4.14. The van der Waals surface area contributed by atoms with Gasteiger partial charge >= 0.3 is 0 Å². The number of nitrogens with two attached hydrogens (primary N) is 1. The molecule has 0 bridgehead atoms. The zero-order valence-corrected chi connectivity index (χ0v) is 10.3. The van der Waals surface area contributed by atoms with Gasteiger partial charge in [0, 0.05) is 12.1 Å². The molecule has 0 spiro atoms.